The Balaban J connectivity index is 1.72. The van der Waals surface area contributed by atoms with Crippen LogP contribution in [0.2, 0.25) is 0 Å². The summed E-state index contributed by atoms with van der Waals surface area (Å²) in [5.41, 5.74) is 1.29. The van der Waals surface area contributed by atoms with E-state index < -0.39 is 0 Å². The van der Waals surface area contributed by atoms with Gasteiger partial charge in [0.1, 0.15) is 12.4 Å². The Kier molecular flexibility index (Phi) is 4.09. The molecule has 142 valence electrons. The van der Waals surface area contributed by atoms with Gasteiger partial charge in [-0.3, -0.25) is 9.59 Å². The standard InChI is InChI=1S/C23H17N3O3/c27-22-18-11-5-4-10-17(18)21(24-26(22)16-8-2-1-3-9-16)23(28)25-14-15-29-20-13-7-6-12-19(20)25/h1-13H,14-15H2. The van der Waals surface area contributed by atoms with Gasteiger partial charge >= 0.3 is 0 Å². The molecule has 0 aliphatic carbocycles. The number of para-hydroxylation sites is 3. The van der Waals surface area contributed by atoms with E-state index in [9.17, 15) is 9.59 Å². The SMILES string of the molecule is O=C(c1nn(-c2ccccc2)c(=O)c2ccccc12)N1CCOc2ccccc21. The average Bonchev–Trinajstić information content (AvgIpc) is 2.79. The summed E-state index contributed by atoms with van der Waals surface area (Å²) in [6.45, 7) is 0.815. The van der Waals surface area contributed by atoms with E-state index in [0.717, 1.165) is 0 Å². The van der Waals surface area contributed by atoms with Gasteiger partial charge in [-0.15, -0.1) is 0 Å². The molecule has 0 spiro atoms. The first-order chi connectivity index (χ1) is 14.2. The molecular formula is C23H17N3O3. The minimum Gasteiger partial charge on any atom is -0.490 e. The highest BCUT2D eigenvalue weighted by molar-refractivity contribution is 6.13. The molecule has 4 aromatic rings. The van der Waals surface area contributed by atoms with E-state index in [0.29, 0.717) is 41.0 Å². The molecule has 0 fully saturated rings. The third-order valence-electron chi connectivity index (χ3n) is 4.98. The molecule has 6 nitrogen and oxygen atoms in total. The molecule has 2 heterocycles. The van der Waals surface area contributed by atoms with Crippen LogP contribution in [-0.2, 0) is 0 Å². The van der Waals surface area contributed by atoms with E-state index >= 15 is 0 Å². The minimum atomic E-state index is -0.262. The minimum absolute atomic E-state index is 0.237. The number of rotatable bonds is 2. The zero-order valence-electron chi connectivity index (χ0n) is 15.5. The van der Waals surface area contributed by atoms with E-state index in [1.807, 2.05) is 42.5 Å². The van der Waals surface area contributed by atoms with Gasteiger partial charge < -0.3 is 9.64 Å². The lowest BCUT2D eigenvalue weighted by Crippen LogP contribution is -2.39. The summed E-state index contributed by atoms with van der Waals surface area (Å²) < 4.78 is 6.96. The Morgan fingerprint density at radius 3 is 2.38 bits per heavy atom. The molecule has 0 saturated carbocycles. The fourth-order valence-corrected chi connectivity index (χ4v) is 3.60. The van der Waals surface area contributed by atoms with Crippen LogP contribution < -0.4 is 15.2 Å². The predicted molar refractivity (Wildman–Crippen MR) is 111 cm³/mol. The van der Waals surface area contributed by atoms with E-state index in [1.54, 1.807) is 41.3 Å². The number of ether oxygens (including phenoxy) is 1. The van der Waals surface area contributed by atoms with Crippen molar-refractivity contribution in [1.29, 1.82) is 0 Å². The van der Waals surface area contributed by atoms with Crippen LogP contribution in [0.15, 0.2) is 83.7 Å². The highest BCUT2D eigenvalue weighted by atomic mass is 16.5. The van der Waals surface area contributed by atoms with Crippen molar-refractivity contribution < 1.29 is 9.53 Å². The quantitative estimate of drug-likeness (QED) is 0.532. The normalized spacial score (nSPS) is 13.0. The Morgan fingerprint density at radius 2 is 1.55 bits per heavy atom. The first kappa shape index (κ1) is 17.2. The molecular weight excluding hydrogens is 366 g/mol. The molecule has 0 unspecified atom stereocenters. The Morgan fingerprint density at radius 1 is 0.862 bits per heavy atom. The van der Waals surface area contributed by atoms with Crippen LogP contribution in [0.3, 0.4) is 0 Å². The summed E-state index contributed by atoms with van der Waals surface area (Å²) in [6, 6.07) is 23.6. The lowest BCUT2D eigenvalue weighted by molar-refractivity contribution is 0.0972. The molecule has 0 atom stereocenters. The number of nitrogens with zero attached hydrogens (tertiary/aromatic N) is 3. The van der Waals surface area contributed by atoms with E-state index in [-0.39, 0.29) is 17.2 Å². The van der Waals surface area contributed by atoms with Crippen molar-refractivity contribution in [2.24, 2.45) is 0 Å². The van der Waals surface area contributed by atoms with Crippen molar-refractivity contribution in [2.45, 2.75) is 0 Å². The molecule has 6 heteroatoms. The van der Waals surface area contributed by atoms with Gasteiger partial charge in [-0.25, -0.2) is 0 Å². The first-order valence-corrected chi connectivity index (χ1v) is 9.35. The van der Waals surface area contributed by atoms with Crippen LogP contribution in [0.1, 0.15) is 10.5 Å². The van der Waals surface area contributed by atoms with Gasteiger partial charge in [0.15, 0.2) is 5.69 Å². The number of amides is 1. The number of aromatic nitrogens is 2. The number of fused-ring (bicyclic) bond motifs is 2. The second-order valence-electron chi connectivity index (χ2n) is 6.72. The van der Waals surface area contributed by atoms with Crippen molar-refractivity contribution in [3.63, 3.8) is 0 Å². The topological polar surface area (TPSA) is 64.4 Å². The molecule has 1 amide bonds. The predicted octanol–water partition coefficient (Wildman–Crippen LogP) is 3.42. The molecule has 1 aromatic heterocycles. The summed E-state index contributed by atoms with van der Waals surface area (Å²) in [4.78, 5) is 28.3. The van der Waals surface area contributed by atoms with Crippen molar-refractivity contribution in [2.75, 3.05) is 18.1 Å². The van der Waals surface area contributed by atoms with Crippen LogP contribution in [0, 0.1) is 0 Å². The number of carbonyl (C=O) groups excluding carboxylic acids is 1. The molecule has 0 N–H and O–H groups in total. The maximum atomic E-state index is 13.6. The highest BCUT2D eigenvalue weighted by Gasteiger charge is 2.28. The second kappa shape index (κ2) is 6.91. The van der Waals surface area contributed by atoms with Crippen LogP contribution in [0.4, 0.5) is 5.69 Å². The summed E-state index contributed by atoms with van der Waals surface area (Å²) in [7, 11) is 0. The van der Waals surface area contributed by atoms with Crippen LogP contribution in [0.5, 0.6) is 5.75 Å². The van der Waals surface area contributed by atoms with Gasteiger partial charge in [0, 0.05) is 5.39 Å². The Hall–Kier alpha value is -3.93. The van der Waals surface area contributed by atoms with Crippen molar-refractivity contribution in [3.05, 3.63) is 94.9 Å². The molecule has 0 radical (unpaired) electrons. The molecule has 0 bridgehead atoms. The van der Waals surface area contributed by atoms with E-state index in [4.69, 9.17) is 4.74 Å². The molecule has 29 heavy (non-hydrogen) atoms. The van der Waals surface area contributed by atoms with Gasteiger partial charge in [0.25, 0.3) is 11.5 Å². The fraction of sp³-hybridized carbons (Fsp3) is 0.0870. The summed E-state index contributed by atoms with van der Waals surface area (Å²) >= 11 is 0. The fourth-order valence-electron chi connectivity index (χ4n) is 3.60. The van der Waals surface area contributed by atoms with Crippen LogP contribution in [0.25, 0.3) is 16.5 Å². The maximum absolute atomic E-state index is 13.6. The third-order valence-corrected chi connectivity index (χ3v) is 4.98. The number of anilines is 1. The van der Waals surface area contributed by atoms with Crippen LogP contribution >= 0.6 is 0 Å². The zero-order chi connectivity index (χ0) is 19.8. The molecule has 1 aliphatic rings. The number of carbonyl (C=O) groups is 1. The lowest BCUT2D eigenvalue weighted by atomic mass is 10.1. The lowest BCUT2D eigenvalue weighted by Gasteiger charge is -2.29. The Labute approximate surface area is 166 Å². The number of hydrogen-bond donors (Lipinski definition) is 0. The number of benzene rings is 3. The number of hydrogen-bond acceptors (Lipinski definition) is 4. The maximum Gasteiger partial charge on any atom is 0.279 e. The highest BCUT2D eigenvalue weighted by Crippen LogP contribution is 2.32. The summed E-state index contributed by atoms with van der Waals surface area (Å²) in [6.07, 6.45) is 0. The van der Waals surface area contributed by atoms with Crippen molar-refractivity contribution in [3.8, 4) is 11.4 Å². The first-order valence-electron chi connectivity index (χ1n) is 9.35. The van der Waals surface area contributed by atoms with Crippen molar-refractivity contribution >= 4 is 22.4 Å². The van der Waals surface area contributed by atoms with Crippen molar-refractivity contribution in [1.82, 2.24) is 9.78 Å². The second-order valence-corrected chi connectivity index (χ2v) is 6.72. The van der Waals surface area contributed by atoms with Gasteiger partial charge in [-0.1, -0.05) is 48.5 Å². The average molecular weight is 383 g/mol. The summed E-state index contributed by atoms with van der Waals surface area (Å²) in [5.74, 6) is 0.398. The largest absolute Gasteiger partial charge is 0.490 e. The monoisotopic (exact) mass is 383 g/mol. The molecule has 5 rings (SSSR count). The van der Waals surface area contributed by atoms with Gasteiger partial charge in [-0.05, 0) is 30.3 Å². The van der Waals surface area contributed by atoms with E-state index in [2.05, 4.69) is 5.10 Å². The molecule has 3 aromatic carbocycles. The van der Waals surface area contributed by atoms with Crippen LogP contribution in [-0.4, -0.2) is 28.8 Å². The smallest absolute Gasteiger partial charge is 0.279 e. The van der Waals surface area contributed by atoms with Gasteiger partial charge in [0.2, 0.25) is 0 Å². The summed E-state index contributed by atoms with van der Waals surface area (Å²) in [5, 5.41) is 5.49. The molecule has 1 aliphatic heterocycles. The van der Waals surface area contributed by atoms with Gasteiger partial charge in [-0.2, -0.15) is 9.78 Å². The zero-order valence-corrected chi connectivity index (χ0v) is 15.5. The third kappa shape index (κ3) is 2.86. The molecule has 0 saturated heterocycles. The van der Waals surface area contributed by atoms with E-state index in [1.165, 1.54) is 4.68 Å². The van der Waals surface area contributed by atoms with Gasteiger partial charge in [0.05, 0.1) is 23.3 Å². The Bertz CT molecular complexity index is 1280.